The van der Waals surface area contributed by atoms with Gasteiger partial charge in [-0.2, -0.15) is 5.26 Å². The van der Waals surface area contributed by atoms with Crippen LogP contribution < -0.4 is 5.32 Å². The van der Waals surface area contributed by atoms with Gasteiger partial charge in [0.15, 0.2) is 0 Å². The highest BCUT2D eigenvalue weighted by molar-refractivity contribution is 5.58. The van der Waals surface area contributed by atoms with Gasteiger partial charge in [-0.1, -0.05) is 32.0 Å². The van der Waals surface area contributed by atoms with Gasteiger partial charge in [0.05, 0.1) is 12.5 Å². The van der Waals surface area contributed by atoms with Crippen molar-refractivity contribution in [2.75, 3.05) is 5.32 Å². The molecular weight excluding hydrogens is 196 g/mol. The highest BCUT2D eigenvalue weighted by atomic mass is 14.9. The van der Waals surface area contributed by atoms with E-state index in [0.29, 0.717) is 6.42 Å². The first-order valence-corrected chi connectivity index (χ1v) is 5.97. The first-order chi connectivity index (χ1) is 7.72. The molecule has 0 bridgehead atoms. The van der Waals surface area contributed by atoms with Crippen LogP contribution in [-0.2, 0) is 12.8 Å². The number of hydrogen-bond acceptors (Lipinski definition) is 2. The average molecular weight is 216 g/mol. The summed E-state index contributed by atoms with van der Waals surface area (Å²) in [5.41, 5.74) is 3.91. The third-order valence-electron chi connectivity index (χ3n) is 2.79. The number of para-hydroxylation sites is 1. The molecule has 0 spiro atoms. The third kappa shape index (κ3) is 3.00. The van der Waals surface area contributed by atoms with Gasteiger partial charge in [0.1, 0.15) is 0 Å². The smallest absolute Gasteiger partial charge is 0.0643 e. The lowest BCUT2D eigenvalue weighted by Crippen LogP contribution is -2.16. The second-order valence-electron chi connectivity index (χ2n) is 4.07. The van der Waals surface area contributed by atoms with E-state index in [2.05, 4.69) is 50.4 Å². The van der Waals surface area contributed by atoms with Crippen LogP contribution in [0.2, 0.25) is 0 Å². The van der Waals surface area contributed by atoms with Gasteiger partial charge in [0.25, 0.3) is 0 Å². The van der Waals surface area contributed by atoms with Crippen molar-refractivity contribution >= 4 is 5.69 Å². The molecule has 1 aromatic rings. The summed E-state index contributed by atoms with van der Waals surface area (Å²) in [7, 11) is 0. The molecule has 0 radical (unpaired) electrons. The zero-order chi connectivity index (χ0) is 12.0. The van der Waals surface area contributed by atoms with Gasteiger partial charge in [-0.3, -0.25) is 0 Å². The van der Waals surface area contributed by atoms with Gasteiger partial charge < -0.3 is 5.32 Å². The summed E-state index contributed by atoms with van der Waals surface area (Å²) < 4.78 is 0. The van der Waals surface area contributed by atoms with E-state index < -0.39 is 0 Å². The maximum atomic E-state index is 8.68. The lowest BCUT2D eigenvalue weighted by Gasteiger charge is -2.18. The molecule has 1 unspecified atom stereocenters. The van der Waals surface area contributed by atoms with Crippen LogP contribution in [0, 0.1) is 11.3 Å². The molecule has 1 rings (SSSR count). The highest BCUT2D eigenvalue weighted by Gasteiger charge is 2.08. The topological polar surface area (TPSA) is 35.8 Å². The normalized spacial score (nSPS) is 11.9. The molecule has 0 aromatic heterocycles. The molecule has 2 nitrogen and oxygen atoms in total. The molecule has 0 aliphatic heterocycles. The minimum absolute atomic E-state index is 0.211. The minimum atomic E-state index is 0.211. The van der Waals surface area contributed by atoms with Crippen LogP contribution in [0.1, 0.15) is 38.3 Å². The first-order valence-electron chi connectivity index (χ1n) is 5.97. The number of nitriles is 1. The molecule has 16 heavy (non-hydrogen) atoms. The van der Waals surface area contributed by atoms with E-state index in [0.717, 1.165) is 12.8 Å². The number of benzene rings is 1. The zero-order valence-corrected chi connectivity index (χ0v) is 10.4. The van der Waals surface area contributed by atoms with Crippen molar-refractivity contribution < 1.29 is 0 Å². The Morgan fingerprint density at radius 2 is 1.81 bits per heavy atom. The summed E-state index contributed by atoms with van der Waals surface area (Å²) in [5.74, 6) is 0. The van der Waals surface area contributed by atoms with Gasteiger partial charge >= 0.3 is 0 Å². The Morgan fingerprint density at radius 3 is 2.25 bits per heavy atom. The number of hydrogen-bond donors (Lipinski definition) is 1. The maximum Gasteiger partial charge on any atom is 0.0643 e. The predicted octanol–water partition coefficient (Wildman–Crippen LogP) is 3.53. The molecular formula is C14H20N2. The summed E-state index contributed by atoms with van der Waals surface area (Å²) in [4.78, 5) is 0. The van der Waals surface area contributed by atoms with E-state index in [-0.39, 0.29) is 6.04 Å². The number of nitrogens with zero attached hydrogens (tertiary/aromatic N) is 1. The minimum Gasteiger partial charge on any atom is -0.381 e. The van der Waals surface area contributed by atoms with Crippen molar-refractivity contribution in [3.63, 3.8) is 0 Å². The van der Waals surface area contributed by atoms with Crippen molar-refractivity contribution in [2.45, 2.75) is 46.1 Å². The Bertz CT molecular complexity index is 355. The van der Waals surface area contributed by atoms with Crippen molar-refractivity contribution in [3.05, 3.63) is 29.3 Å². The molecule has 1 N–H and O–H groups in total. The van der Waals surface area contributed by atoms with Gasteiger partial charge in [0, 0.05) is 11.7 Å². The van der Waals surface area contributed by atoms with E-state index in [1.165, 1.54) is 16.8 Å². The highest BCUT2D eigenvalue weighted by Crippen LogP contribution is 2.23. The van der Waals surface area contributed by atoms with E-state index in [1.807, 2.05) is 0 Å². The Kier molecular flexibility index (Phi) is 4.85. The van der Waals surface area contributed by atoms with E-state index in [1.54, 1.807) is 0 Å². The fraction of sp³-hybridized carbons (Fsp3) is 0.500. The third-order valence-corrected chi connectivity index (χ3v) is 2.79. The number of rotatable bonds is 5. The Balaban J connectivity index is 2.95. The number of nitrogens with one attached hydrogen (secondary N) is 1. The summed E-state index contributed by atoms with van der Waals surface area (Å²) >= 11 is 0. The molecule has 0 aliphatic carbocycles. The van der Waals surface area contributed by atoms with Gasteiger partial charge in [-0.25, -0.2) is 0 Å². The lowest BCUT2D eigenvalue weighted by atomic mass is 10.0. The quantitative estimate of drug-likeness (QED) is 0.817. The monoisotopic (exact) mass is 216 g/mol. The van der Waals surface area contributed by atoms with E-state index in [9.17, 15) is 0 Å². The van der Waals surface area contributed by atoms with Gasteiger partial charge in [-0.05, 0) is 30.9 Å². The van der Waals surface area contributed by atoms with Crippen LogP contribution in [0.25, 0.3) is 0 Å². The molecule has 0 amide bonds. The van der Waals surface area contributed by atoms with Gasteiger partial charge in [-0.15, -0.1) is 0 Å². The Labute approximate surface area is 98.3 Å². The molecule has 0 fully saturated rings. The van der Waals surface area contributed by atoms with Crippen LogP contribution in [0.4, 0.5) is 5.69 Å². The second-order valence-corrected chi connectivity index (χ2v) is 4.07. The summed E-state index contributed by atoms with van der Waals surface area (Å²) in [5, 5.41) is 12.1. The fourth-order valence-corrected chi connectivity index (χ4v) is 1.86. The predicted molar refractivity (Wildman–Crippen MR) is 68.5 cm³/mol. The number of anilines is 1. The SMILES string of the molecule is CCc1cccc(CC)c1NC(C)CC#N. The first kappa shape index (κ1) is 12.6. The molecule has 0 aliphatic rings. The second kappa shape index (κ2) is 6.17. The molecule has 1 aromatic carbocycles. The van der Waals surface area contributed by atoms with E-state index in [4.69, 9.17) is 5.26 Å². The molecule has 0 saturated carbocycles. The number of aryl methyl sites for hydroxylation is 2. The van der Waals surface area contributed by atoms with Crippen LogP contribution in [0.15, 0.2) is 18.2 Å². The van der Waals surface area contributed by atoms with E-state index >= 15 is 0 Å². The van der Waals surface area contributed by atoms with Crippen LogP contribution in [-0.4, -0.2) is 6.04 Å². The molecule has 1 atom stereocenters. The van der Waals surface area contributed by atoms with Crippen LogP contribution in [0.3, 0.4) is 0 Å². The standard InChI is InChI=1S/C14H20N2/c1-4-12-7-6-8-13(5-2)14(12)16-11(3)9-10-15/h6-8,11,16H,4-5,9H2,1-3H3. The zero-order valence-electron chi connectivity index (χ0n) is 10.4. The Morgan fingerprint density at radius 1 is 1.25 bits per heavy atom. The molecule has 86 valence electrons. The van der Waals surface area contributed by atoms with Crippen LogP contribution in [0.5, 0.6) is 0 Å². The van der Waals surface area contributed by atoms with Crippen LogP contribution >= 0.6 is 0 Å². The summed E-state index contributed by atoms with van der Waals surface area (Å²) in [6.07, 6.45) is 2.59. The van der Waals surface area contributed by atoms with Crippen molar-refractivity contribution in [1.29, 1.82) is 5.26 Å². The average Bonchev–Trinajstić information content (AvgIpc) is 2.29. The van der Waals surface area contributed by atoms with Crippen molar-refractivity contribution in [1.82, 2.24) is 0 Å². The van der Waals surface area contributed by atoms with Gasteiger partial charge in [0.2, 0.25) is 0 Å². The van der Waals surface area contributed by atoms with Crippen molar-refractivity contribution in [3.8, 4) is 6.07 Å². The molecule has 0 heterocycles. The van der Waals surface area contributed by atoms with Crippen molar-refractivity contribution in [2.24, 2.45) is 0 Å². The largest absolute Gasteiger partial charge is 0.381 e. The maximum absolute atomic E-state index is 8.68. The summed E-state index contributed by atoms with van der Waals surface area (Å²) in [6, 6.07) is 8.83. The molecule has 2 heteroatoms. The lowest BCUT2D eigenvalue weighted by molar-refractivity contribution is 0.814. The fourth-order valence-electron chi connectivity index (χ4n) is 1.86. The summed E-state index contributed by atoms with van der Waals surface area (Å²) in [6.45, 7) is 6.37. The Hall–Kier alpha value is -1.49. The molecule has 0 saturated heterocycles.